The number of hydrogen-bond acceptors (Lipinski definition) is 5. The summed E-state index contributed by atoms with van der Waals surface area (Å²) >= 11 is 0. The number of rotatable bonds is 9. The van der Waals surface area contributed by atoms with Crippen LogP contribution in [0, 0.1) is 13.8 Å². The molecule has 2 unspecified atom stereocenters. The molecule has 0 radical (unpaired) electrons. The van der Waals surface area contributed by atoms with Crippen molar-refractivity contribution >= 4 is 23.8 Å². The Morgan fingerprint density at radius 2 is 1.56 bits per heavy atom. The molecular weight excluding hydrogens is 460 g/mol. The van der Waals surface area contributed by atoms with Crippen molar-refractivity contribution < 1.29 is 23.9 Å². The van der Waals surface area contributed by atoms with Gasteiger partial charge in [0.05, 0.1) is 0 Å². The Hall–Kier alpha value is -3.10. The first-order chi connectivity index (χ1) is 16.3. The van der Waals surface area contributed by atoms with E-state index in [1.54, 1.807) is 20.8 Å². The van der Waals surface area contributed by atoms with E-state index in [1.807, 2.05) is 66.7 Å². The van der Waals surface area contributed by atoms with Crippen LogP contribution < -0.4 is 16.4 Å². The van der Waals surface area contributed by atoms with Gasteiger partial charge in [-0.15, -0.1) is 0 Å². The number of nitrogens with one attached hydrogen (secondary N) is 2. The lowest BCUT2D eigenvalue weighted by Crippen LogP contribution is -2.59. The lowest BCUT2D eigenvalue weighted by atomic mass is 9.93. The fourth-order valence-electron chi connectivity index (χ4n) is 3.72. The SMILES string of the molecule is Cc1ccc(C(C(=O)NC(C)C)N(C(=O)C(CCC(N)=O)NC(=O)OC(C)(C)C)C(C)(C)C)cc1C. The smallest absolute Gasteiger partial charge is 0.408 e. The van der Waals surface area contributed by atoms with Crippen LogP contribution in [0.15, 0.2) is 18.2 Å². The van der Waals surface area contributed by atoms with Gasteiger partial charge in [0, 0.05) is 18.0 Å². The van der Waals surface area contributed by atoms with Crippen molar-refractivity contribution in [2.45, 2.75) is 111 Å². The molecule has 4 N–H and O–H groups in total. The zero-order chi connectivity index (χ0) is 28.0. The molecule has 1 rings (SSSR count). The zero-order valence-corrected chi connectivity index (χ0v) is 23.4. The number of aryl methyl sites for hydroxylation is 2. The molecule has 9 heteroatoms. The van der Waals surface area contributed by atoms with E-state index in [-0.39, 0.29) is 24.8 Å². The summed E-state index contributed by atoms with van der Waals surface area (Å²) in [5, 5.41) is 5.52. The van der Waals surface area contributed by atoms with E-state index in [0.717, 1.165) is 11.1 Å². The Morgan fingerprint density at radius 1 is 0.972 bits per heavy atom. The van der Waals surface area contributed by atoms with Crippen molar-refractivity contribution in [1.82, 2.24) is 15.5 Å². The molecule has 0 saturated carbocycles. The minimum atomic E-state index is -1.13. The van der Waals surface area contributed by atoms with E-state index in [2.05, 4.69) is 10.6 Å². The van der Waals surface area contributed by atoms with Crippen LogP contribution in [0.5, 0.6) is 0 Å². The summed E-state index contributed by atoms with van der Waals surface area (Å²) in [5.41, 5.74) is 6.42. The van der Waals surface area contributed by atoms with Gasteiger partial charge in [-0.2, -0.15) is 0 Å². The van der Waals surface area contributed by atoms with Crippen molar-refractivity contribution in [3.8, 4) is 0 Å². The van der Waals surface area contributed by atoms with Gasteiger partial charge in [-0.05, 0) is 92.3 Å². The lowest BCUT2D eigenvalue weighted by molar-refractivity contribution is -0.148. The van der Waals surface area contributed by atoms with Gasteiger partial charge in [-0.25, -0.2) is 4.79 Å². The maximum Gasteiger partial charge on any atom is 0.408 e. The van der Waals surface area contributed by atoms with E-state index in [4.69, 9.17) is 10.5 Å². The summed E-state index contributed by atoms with van der Waals surface area (Å²) in [6.45, 7) is 18.2. The molecule has 0 aliphatic rings. The fraction of sp³-hybridized carbons (Fsp3) is 0.630. The molecule has 0 bridgehead atoms. The molecule has 4 amide bonds. The van der Waals surface area contributed by atoms with Crippen LogP contribution >= 0.6 is 0 Å². The zero-order valence-electron chi connectivity index (χ0n) is 23.4. The predicted molar refractivity (Wildman–Crippen MR) is 140 cm³/mol. The van der Waals surface area contributed by atoms with E-state index in [9.17, 15) is 19.2 Å². The molecule has 0 aromatic heterocycles. The van der Waals surface area contributed by atoms with Crippen LogP contribution in [0.4, 0.5) is 4.79 Å². The molecule has 2 atom stereocenters. The average molecular weight is 505 g/mol. The minimum Gasteiger partial charge on any atom is -0.444 e. The fourth-order valence-corrected chi connectivity index (χ4v) is 3.72. The molecule has 0 spiro atoms. The average Bonchev–Trinajstić information content (AvgIpc) is 2.67. The molecule has 9 nitrogen and oxygen atoms in total. The molecule has 202 valence electrons. The highest BCUT2D eigenvalue weighted by Crippen LogP contribution is 2.31. The van der Waals surface area contributed by atoms with Gasteiger partial charge in [0.15, 0.2) is 0 Å². The van der Waals surface area contributed by atoms with Crippen LogP contribution in [-0.4, -0.2) is 51.9 Å². The highest BCUT2D eigenvalue weighted by molar-refractivity contribution is 5.93. The van der Waals surface area contributed by atoms with Crippen LogP contribution in [0.1, 0.15) is 91.0 Å². The molecule has 36 heavy (non-hydrogen) atoms. The van der Waals surface area contributed by atoms with Gasteiger partial charge < -0.3 is 26.0 Å². The van der Waals surface area contributed by atoms with E-state index in [1.165, 1.54) is 4.90 Å². The second-order valence-corrected chi connectivity index (χ2v) is 11.5. The van der Waals surface area contributed by atoms with Gasteiger partial charge in [-0.3, -0.25) is 14.4 Å². The predicted octanol–water partition coefficient (Wildman–Crippen LogP) is 3.66. The van der Waals surface area contributed by atoms with E-state index < -0.39 is 41.1 Å². The lowest BCUT2D eigenvalue weighted by Gasteiger charge is -2.43. The van der Waals surface area contributed by atoms with Crippen molar-refractivity contribution in [3.63, 3.8) is 0 Å². The van der Waals surface area contributed by atoms with E-state index in [0.29, 0.717) is 5.56 Å². The highest BCUT2D eigenvalue weighted by atomic mass is 16.6. The molecule has 0 fully saturated rings. The molecule has 0 aliphatic carbocycles. The first-order valence-corrected chi connectivity index (χ1v) is 12.3. The second-order valence-electron chi connectivity index (χ2n) is 11.5. The Balaban J connectivity index is 3.61. The van der Waals surface area contributed by atoms with Gasteiger partial charge in [-0.1, -0.05) is 18.2 Å². The summed E-state index contributed by atoms with van der Waals surface area (Å²) in [5.74, 6) is -1.47. The number of carbonyl (C=O) groups excluding carboxylic acids is 4. The largest absolute Gasteiger partial charge is 0.444 e. The summed E-state index contributed by atoms with van der Waals surface area (Å²) < 4.78 is 5.35. The molecule has 0 aliphatic heterocycles. The van der Waals surface area contributed by atoms with E-state index >= 15 is 0 Å². The van der Waals surface area contributed by atoms with Gasteiger partial charge in [0.2, 0.25) is 17.7 Å². The summed E-state index contributed by atoms with van der Waals surface area (Å²) in [4.78, 5) is 53.2. The van der Waals surface area contributed by atoms with Crippen LogP contribution in [0.3, 0.4) is 0 Å². The maximum absolute atomic E-state index is 14.1. The monoisotopic (exact) mass is 504 g/mol. The molecule has 1 aromatic carbocycles. The standard InChI is InChI=1S/C27H44N4O5/c1-16(2)29-23(33)22(19-12-11-17(3)18(4)15-19)31(26(5,6)7)24(34)20(13-14-21(28)32)30-25(35)36-27(8,9)10/h11-12,15-16,20,22H,13-14H2,1-10H3,(H2,28,32)(H,29,33)(H,30,35). The highest BCUT2D eigenvalue weighted by Gasteiger charge is 2.42. The maximum atomic E-state index is 14.1. The number of hydrogen-bond donors (Lipinski definition) is 3. The third-order valence-corrected chi connectivity index (χ3v) is 5.41. The summed E-state index contributed by atoms with van der Waals surface area (Å²) in [7, 11) is 0. The Labute approximate surface area is 215 Å². The number of nitrogens with zero attached hydrogens (tertiary/aromatic N) is 1. The first kappa shape index (κ1) is 30.9. The second kappa shape index (κ2) is 12.2. The van der Waals surface area contributed by atoms with Crippen molar-refractivity contribution in [2.75, 3.05) is 0 Å². The number of alkyl carbamates (subject to hydrolysis) is 1. The van der Waals surface area contributed by atoms with Crippen molar-refractivity contribution in [2.24, 2.45) is 5.73 Å². The Bertz CT molecular complexity index is 960. The number of nitrogens with two attached hydrogens (primary N) is 1. The number of benzene rings is 1. The third kappa shape index (κ3) is 9.51. The number of ether oxygens (including phenoxy) is 1. The number of amides is 4. The molecule has 0 heterocycles. The van der Waals surface area contributed by atoms with Crippen molar-refractivity contribution in [1.29, 1.82) is 0 Å². The normalized spacial score (nSPS) is 13.5. The third-order valence-electron chi connectivity index (χ3n) is 5.41. The summed E-state index contributed by atoms with van der Waals surface area (Å²) in [6, 6.07) is 3.37. The number of primary amides is 1. The topological polar surface area (TPSA) is 131 Å². The molecule has 0 saturated heterocycles. The summed E-state index contributed by atoms with van der Waals surface area (Å²) in [6.07, 6.45) is -0.962. The first-order valence-electron chi connectivity index (χ1n) is 12.3. The quantitative estimate of drug-likeness (QED) is 0.472. The van der Waals surface area contributed by atoms with Crippen LogP contribution in [-0.2, 0) is 19.1 Å². The minimum absolute atomic E-state index is 0.0363. The van der Waals surface area contributed by atoms with Gasteiger partial charge in [0.25, 0.3) is 0 Å². The Kier molecular flexibility index (Phi) is 10.5. The van der Waals surface area contributed by atoms with Gasteiger partial charge in [0.1, 0.15) is 17.7 Å². The van der Waals surface area contributed by atoms with Gasteiger partial charge >= 0.3 is 6.09 Å². The van der Waals surface area contributed by atoms with Crippen LogP contribution in [0.25, 0.3) is 0 Å². The Morgan fingerprint density at radius 3 is 2.00 bits per heavy atom. The molecular formula is C27H44N4O5. The van der Waals surface area contributed by atoms with Crippen molar-refractivity contribution in [3.05, 3.63) is 34.9 Å². The van der Waals surface area contributed by atoms with Crippen LogP contribution in [0.2, 0.25) is 0 Å². The number of carbonyl (C=O) groups is 4. The molecule has 1 aromatic rings.